The zero-order valence-corrected chi connectivity index (χ0v) is 8.86. The molecule has 2 aliphatic carbocycles. The molecule has 5 atom stereocenters. The zero-order valence-electron chi connectivity index (χ0n) is 6.70. The molecule has 2 saturated heterocycles. The summed E-state index contributed by atoms with van der Waals surface area (Å²) in [6, 6.07) is 0. The number of hydrogen-bond acceptors (Lipinski definition) is 2. The minimum absolute atomic E-state index is 0.335. The van der Waals surface area contributed by atoms with Crippen molar-refractivity contribution >= 4 is 28.4 Å². The number of ether oxygens (including phenoxy) is 1. The maximum atomic E-state index is 11.7. The van der Waals surface area contributed by atoms with Crippen LogP contribution in [-0.4, -0.2) is 21.9 Å². The van der Waals surface area contributed by atoms with Crippen LogP contribution < -0.4 is 0 Å². The molecule has 4 fully saturated rings. The maximum Gasteiger partial charge on any atom is 0.140 e. The number of carbonyl (C=O) groups excluding carboxylic acids is 1. The molecule has 2 aliphatic heterocycles. The second-order valence-corrected chi connectivity index (χ2v) is 5.59. The first-order chi connectivity index (χ1) is 5.75. The van der Waals surface area contributed by atoms with Gasteiger partial charge in [-0.1, -0.05) is 22.6 Å². The van der Waals surface area contributed by atoms with Gasteiger partial charge >= 0.3 is 0 Å². The summed E-state index contributed by atoms with van der Waals surface area (Å²) in [5, 5.41) is 0. The Morgan fingerprint density at radius 1 is 1.33 bits per heavy atom. The second kappa shape index (κ2) is 2.44. The van der Waals surface area contributed by atoms with E-state index >= 15 is 0 Å². The number of ketones is 1. The normalized spacial score (nSPS) is 56.4. The van der Waals surface area contributed by atoms with Gasteiger partial charge in [-0.2, -0.15) is 0 Å². The molecule has 0 amide bonds. The van der Waals surface area contributed by atoms with E-state index in [9.17, 15) is 4.79 Å². The number of Topliss-reactive ketones (excluding diaryl/α,β-unsaturated/α-hetero) is 1. The maximum absolute atomic E-state index is 11.7. The van der Waals surface area contributed by atoms with Gasteiger partial charge in [0.15, 0.2) is 0 Å². The van der Waals surface area contributed by atoms with Crippen molar-refractivity contribution in [2.75, 3.05) is 0 Å². The van der Waals surface area contributed by atoms with Crippen molar-refractivity contribution in [3.63, 3.8) is 0 Å². The standard InChI is InChI=1S/C9H11IO2/c10-8-6-3-5-1-4(9(6)11)2-7(8)12-5/h4-8H,1-3H2. The summed E-state index contributed by atoms with van der Waals surface area (Å²) in [6.07, 6.45) is 3.82. The largest absolute Gasteiger partial charge is 0.374 e. The van der Waals surface area contributed by atoms with Gasteiger partial charge < -0.3 is 4.74 Å². The van der Waals surface area contributed by atoms with E-state index in [0.717, 1.165) is 19.3 Å². The Kier molecular flexibility index (Phi) is 1.57. The average Bonchev–Trinajstić information content (AvgIpc) is 2.07. The van der Waals surface area contributed by atoms with Crippen molar-refractivity contribution in [3.8, 4) is 0 Å². The van der Waals surface area contributed by atoms with E-state index in [1.807, 2.05) is 0 Å². The molecule has 0 N–H and O–H groups in total. The van der Waals surface area contributed by atoms with Crippen LogP contribution in [0, 0.1) is 11.8 Å². The van der Waals surface area contributed by atoms with Crippen LogP contribution in [0.5, 0.6) is 0 Å². The van der Waals surface area contributed by atoms with Crippen LogP contribution in [0.3, 0.4) is 0 Å². The van der Waals surface area contributed by atoms with Crippen molar-refractivity contribution in [3.05, 3.63) is 0 Å². The Balaban J connectivity index is 1.98. The van der Waals surface area contributed by atoms with Crippen LogP contribution in [0.4, 0.5) is 0 Å². The highest BCUT2D eigenvalue weighted by Gasteiger charge is 2.53. The lowest BCUT2D eigenvalue weighted by Crippen LogP contribution is -2.57. The van der Waals surface area contributed by atoms with Crippen molar-refractivity contribution < 1.29 is 9.53 Å². The second-order valence-electron chi connectivity index (χ2n) is 4.15. The molecule has 2 nitrogen and oxygen atoms in total. The summed E-state index contributed by atoms with van der Waals surface area (Å²) in [4.78, 5) is 11.7. The van der Waals surface area contributed by atoms with E-state index in [-0.39, 0.29) is 0 Å². The van der Waals surface area contributed by atoms with Gasteiger partial charge in [0.05, 0.1) is 12.2 Å². The molecule has 0 radical (unpaired) electrons. The summed E-state index contributed by atoms with van der Waals surface area (Å²) in [7, 11) is 0. The van der Waals surface area contributed by atoms with Gasteiger partial charge in [0.25, 0.3) is 0 Å². The average molecular weight is 278 g/mol. The molecule has 2 heterocycles. The Hall–Kier alpha value is 0.360. The summed E-state index contributed by atoms with van der Waals surface area (Å²) in [5.41, 5.74) is 0. The van der Waals surface area contributed by atoms with E-state index in [4.69, 9.17) is 4.74 Å². The first-order valence-corrected chi connectivity index (χ1v) is 5.83. The highest BCUT2D eigenvalue weighted by Crippen LogP contribution is 2.48. The number of carbonyl (C=O) groups is 1. The molecule has 2 saturated carbocycles. The zero-order chi connectivity index (χ0) is 8.29. The van der Waals surface area contributed by atoms with E-state index < -0.39 is 0 Å². The topological polar surface area (TPSA) is 26.3 Å². The molecule has 0 aromatic carbocycles. The monoisotopic (exact) mass is 278 g/mol. The number of hydrogen-bond donors (Lipinski definition) is 0. The molecule has 4 rings (SSSR count). The lowest BCUT2D eigenvalue weighted by molar-refractivity contribution is -0.168. The number of halogens is 1. The fourth-order valence-corrected chi connectivity index (χ4v) is 4.00. The van der Waals surface area contributed by atoms with E-state index in [1.54, 1.807) is 0 Å². The first kappa shape index (κ1) is 7.74. The van der Waals surface area contributed by atoms with E-state index in [0.29, 0.717) is 33.8 Å². The molecule has 0 aromatic heterocycles. The van der Waals surface area contributed by atoms with Crippen LogP contribution in [0.2, 0.25) is 0 Å². The fraction of sp³-hybridized carbons (Fsp3) is 0.889. The molecular weight excluding hydrogens is 267 g/mol. The predicted octanol–water partition coefficient (Wildman–Crippen LogP) is 1.56. The van der Waals surface area contributed by atoms with E-state index in [2.05, 4.69) is 22.6 Å². The molecule has 4 bridgehead atoms. The molecular formula is C9H11IO2. The van der Waals surface area contributed by atoms with Crippen LogP contribution >= 0.6 is 22.6 Å². The Morgan fingerprint density at radius 3 is 3.00 bits per heavy atom. The fourth-order valence-electron chi connectivity index (χ4n) is 2.89. The SMILES string of the molecule is O=C1C2CC3CC1C(I)C(C2)O3. The van der Waals surface area contributed by atoms with Crippen LogP contribution in [-0.2, 0) is 9.53 Å². The Bertz CT molecular complexity index is 241. The summed E-state index contributed by atoms with van der Waals surface area (Å²) in [5.74, 6) is 1.23. The number of alkyl halides is 1. The van der Waals surface area contributed by atoms with Crippen molar-refractivity contribution in [2.24, 2.45) is 11.8 Å². The van der Waals surface area contributed by atoms with Crippen molar-refractivity contribution in [2.45, 2.75) is 35.4 Å². The van der Waals surface area contributed by atoms with Crippen molar-refractivity contribution in [1.29, 1.82) is 0 Å². The smallest absolute Gasteiger partial charge is 0.140 e. The summed E-state index contributed by atoms with van der Waals surface area (Å²) < 4.78 is 6.28. The molecule has 12 heavy (non-hydrogen) atoms. The highest BCUT2D eigenvalue weighted by molar-refractivity contribution is 14.1. The molecule has 0 aromatic rings. The van der Waals surface area contributed by atoms with Crippen LogP contribution in [0.1, 0.15) is 19.3 Å². The highest BCUT2D eigenvalue weighted by atomic mass is 127. The van der Waals surface area contributed by atoms with Gasteiger partial charge in [-0.05, 0) is 19.3 Å². The van der Waals surface area contributed by atoms with E-state index in [1.165, 1.54) is 0 Å². The summed E-state index contributed by atoms with van der Waals surface area (Å²) >= 11 is 2.40. The van der Waals surface area contributed by atoms with Gasteiger partial charge in [-0.25, -0.2) is 0 Å². The minimum atomic E-state index is 0.335. The van der Waals surface area contributed by atoms with Crippen molar-refractivity contribution in [1.82, 2.24) is 0 Å². The third-order valence-electron chi connectivity index (χ3n) is 3.46. The Labute approximate surface area is 85.2 Å². The molecule has 0 spiro atoms. The molecule has 3 heteroatoms. The third kappa shape index (κ3) is 0.867. The Morgan fingerprint density at radius 2 is 2.17 bits per heavy atom. The quantitative estimate of drug-likeness (QED) is 0.496. The number of rotatable bonds is 0. The lowest BCUT2D eigenvalue weighted by Gasteiger charge is -2.51. The van der Waals surface area contributed by atoms with Gasteiger partial charge in [-0.3, -0.25) is 4.79 Å². The summed E-state index contributed by atoms with van der Waals surface area (Å²) in [6.45, 7) is 0. The minimum Gasteiger partial charge on any atom is -0.374 e. The lowest BCUT2D eigenvalue weighted by atomic mass is 9.66. The molecule has 66 valence electrons. The van der Waals surface area contributed by atoms with Gasteiger partial charge in [-0.15, -0.1) is 0 Å². The first-order valence-electron chi connectivity index (χ1n) is 4.59. The molecule has 4 aliphatic rings. The van der Waals surface area contributed by atoms with Gasteiger partial charge in [0.2, 0.25) is 0 Å². The molecule has 5 unspecified atom stereocenters. The van der Waals surface area contributed by atoms with Crippen LogP contribution in [0.25, 0.3) is 0 Å². The predicted molar refractivity (Wildman–Crippen MR) is 52.3 cm³/mol. The van der Waals surface area contributed by atoms with Gasteiger partial charge in [0.1, 0.15) is 5.78 Å². The van der Waals surface area contributed by atoms with Gasteiger partial charge in [0, 0.05) is 15.8 Å². The third-order valence-corrected chi connectivity index (χ3v) is 5.13. The van der Waals surface area contributed by atoms with Crippen LogP contribution in [0.15, 0.2) is 0 Å².